The third-order valence-electron chi connectivity index (χ3n) is 4.55. The minimum Gasteiger partial charge on any atom is -0.339 e. The normalized spacial score (nSPS) is 15.8. The molecule has 2 aromatic carbocycles. The topological polar surface area (TPSA) is 66.9 Å². The Kier molecular flexibility index (Phi) is 5.20. The summed E-state index contributed by atoms with van der Waals surface area (Å²) in [6, 6.07) is 14.6. The van der Waals surface area contributed by atoms with Crippen LogP contribution in [0.1, 0.15) is 29.4 Å². The van der Waals surface area contributed by atoms with E-state index in [-0.39, 0.29) is 11.7 Å². The number of rotatable bonds is 4. The van der Waals surface area contributed by atoms with Crippen LogP contribution in [-0.4, -0.2) is 15.8 Å². The van der Waals surface area contributed by atoms with E-state index in [0.29, 0.717) is 33.8 Å². The van der Waals surface area contributed by atoms with Crippen LogP contribution in [0.4, 0.5) is 23.1 Å². The monoisotopic (exact) mass is 412 g/mol. The van der Waals surface area contributed by atoms with E-state index in [1.54, 1.807) is 24.3 Å². The summed E-state index contributed by atoms with van der Waals surface area (Å²) in [6.07, 6.45) is 1.23. The van der Waals surface area contributed by atoms with Crippen LogP contribution in [0.5, 0.6) is 0 Å². The van der Waals surface area contributed by atoms with Gasteiger partial charge in [-0.2, -0.15) is 4.98 Å². The van der Waals surface area contributed by atoms with Gasteiger partial charge >= 0.3 is 0 Å². The molecule has 1 aromatic heterocycles. The van der Waals surface area contributed by atoms with Crippen LogP contribution in [0.3, 0.4) is 0 Å². The van der Waals surface area contributed by atoms with Gasteiger partial charge in [0.15, 0.2) is 5.78 Å². The number of Topliss-reactive ketones (excluding diaryl/α,β-unsaturated/α-hetero) is 1. The Morgan fingerprint density at radius 1 is 0.857 bits per heavy atom. The molecule has 1 unspecified atom stereocenters. The van der Waals surface area contributed by atoms with Crippen molar-refractivity contribution in [3.8, 4) is 0 Å². The van der Waals surface area contributed by atoms with E-state index in [9.17, 15) is 4.79 Å². The molecule has 4 rings (SSSR count). The number of nitrogens with zero attached hydrogens (tertiary/aromatic N) is 2. The van der Waals surface area contributed by atoms with Crippen molar-refractivity contribution >= 4 is 52.1 Å². The summed E-state index contributed by atoms with van der Waals surface area (Å²) in [5.74, 6) is 1.24. The van der Waals surface area contributed by atoms with Crippen LogP contribution < -0.4 is 10.6 Å². The van der Waals surface area contributed by atoms with Crippen molar-refractivity contribution in [1.82, 2.24) is 9.97 Å². The molecule has 1 atom stereocenters. The minimum atomic E-state index is 0.0586. The van der Waals surface area contributed by atoms with Crippen molar-refractivity contribution < 1.29 is 4.79 Å². The number of halogens is 2. The molecule has 0 fully saturated rings. The van der Waals surface area contributed by atoms with Gasteiger partial charge in [-0.05, 0) is 60.9 Å². The van der Waals surface area contributed by atoms with Gasteiger partial charge in [0, 0.05) is 27.8 Å². The Hall–Kier alpha value is -2.63. The third-order valence-corrected chi connectivity index (χ3v) is 5.05. The Morgan fingerprint density at radius 2 is 1.43 bits per heavy atom. The first-order valence-corrected chi connectivity index (χ1v) is 9.73. The highest BCUT2D eigenvalue weighted by Gasteiger charge is 2.28. The van der Waals surface area contributed by atoms with E-state index >= 15 is 0 Å². The van der Waals surface area contributed by atoms with Gasteiger partial charge in [-0.15, -0.1) is 0 Å². The van der Waals surface area contributed by atoms with Gasteiger partial charge < -0.3 is 10.6 Å². The van der Waals surface area contributed by atoms with Crippen molar-refractivity contribution in [2.45, 2.75) is 19.8 Å². The van der Waals surface area contributed by atoms with E-state index in [1.165, 1.54) is 0 Å². The Morgan fingerprint density at radius 3 is 2.04 bits per heavy atom. The lowest BCUT2D eigenvalue weighted by Crippen LogP contribution is -2.22. The molecule has 0 radical (unpaired) electrons. The molecule has 0 aliphatic heterocycles. The largest absolute Gasteiger partial charge is 0.339 e. The van der Waals surface area contributed by atoms with Gasteiger partial charge in [0.1, 0.15) is 5.82 Å². The predicted octanol–water partition coefficient (Wildman–Crippen LogP) is 6.04. The summed E-state index contributed by atoms with van der Waals surface area (Å²) >= 11 is 11.9. The van der Waals surface area contributed by atoms with Crippen LogP contribution in [-0.2, 0) is 6.42 Å². The molecule has 0 saturated carbocycles. The highest BCUT2D eigenvalue weighted by molar-refractivity contribution is 6.30. The summed E-state index contributed by atoms with van der Waals surface area (Å²) in [7, 11) is 0. The second kappa shape index (κ2) is 7.78. The average molecular weight is 413 g/mol. The van der Waals surface area contributed by atoms with Crippen molar-refractivity contribution in [1.29, 1.82) is 0 Å². The Bertz CT molecular complexity index is 1020. The SMILES string of the molecule is CC1CC(=O)c2c(nc(Nc3ccc(Cl)cc3)nc2Nc2ccc(Cl)cc2)C1. The highest BCUT2D eigenvalue weighted by atomic mass is 35.5. The maximum atomic E-state index is 12.7. The van der Waals surface area contributed by atoms with E-state index in [0.717, 1.165) is 23.5 Å². The van der Waals surface area contributed by atoms with Gasteiger partial charge in [-0.3, -0.25) is 4.79 Å². The third kappa shape index (κ3) is 4.11. The number of benzene rings is 2. The Labute approximate surface area is 173 Å². The first-order valence-electron chi connectivity index (χ1n) is 8.97. The fourth-order valence-electron chi connectivity index (χ4n) is 3.25. The summed E-state index contributed by atoms with van der Waals surface area (Å²) in [5.41, 5.74) is 2.94. The van der Waals surface area contributed by atoms with Crippen molar-refractivity contribution in [3.63, 3.8) is 0 Å². The molecular weight excluding hydrogens is 395 g/mol. The van der Waals surface area contributed by atoms with Gasteiger partial charge in [0.25, 0.3) is 0 Å². The van der Waals surface area contributed by atoms with Crippen LogP contribution in [0.2, 0.25) is 10.0 Å². The maximum absolute atomic E-state index is 12.7. The average Bonchev–Trinajstić information content (AvgIpc) is 2.65. The zero-order chi connectivity index (χ0) is 19.7. The molecule has 0 saturated heterocycles. The summed E-state index contributed by atoms with van der Waals surface area (Å²) in [6.45, 7) is 2.06. The van der Waals surface area contributed by atoms with Crippen molar-refractivity contribution in [2.24, 2.45) is 5.92 Å². The molecule has 28 heavy (non-hydrogen) atoms. The molecule has 2 N–H and O–H groups in total. The first kappa shape index (κ1) is 18.7. The molecule has 5 nitrogen and oxygen atoms in total. The standard InChI is InChI=1S/C21H18Cl2N4O/c1-12-10-17-19(18(28)11-12)20(24-15-6-2-13(22)3-7-15)27-21(26-17)25-16-8-4-14(23)5-9-16/h2-9,12H,10-11H2,1H3,(H2,24,25,26,27). The number of anilines is 4. The lowest BCUT2D eigenvalue weighted by atomic mass is 9.87. The van der Waals surface area contributed by atoms with Crippen LogP contribution in [0.25, 0.3) is 0 Å². The Balaban J connectivity index is 1.73. The van der Waals surface area contributed by atoms with E-state index < -0.39 is 0 Å². The molecule has 1 aliphatic rings. The number of carbonyl (C=O) groups excluding carboxylic acids is 1. The number of carbonyl (C=O) groups is 1. The second-order valence-corrected chi connectivity index (χ2v) is 7.79. The van der Waals surface area contributed by atoms with Crippen molar-refractivity contribution in [2.75, 3.05) is 10.6 Å². The maximum Gasteiger partial charge on any atom is 0.229 e. The van der Waals surface area contributed by atoms with Crippen LogP contribution >= 0.6 is 23.2 Å². The fraction of sp³-hybridized carbons (Fsp3) is 0.190. The number of aromatic nitrogens is 2. The summed E-state index contributed by atoms with van der Waals surface area (Å²) in [4.78, 5) is 21.9. The molecule has 7 heteroatoms. The van der Waals surface area contributed by atoms with Crippen LogP contribution in [0.15, 0.2) is 48.5 Å². The number of ketones is 1. The van der Waals surface area contributed by atoms with Crippen LogP contribution in [0, 0.1) is 5.92 Å². The lowest BCUT2D eigenvalue weighted by Gasteiger charge is -2.23. The van der Waals surface area contributed by atoms with Gasteiger partial charge in [0.2, 0.25) is 5.95 Å². The number of nitrogens with one attached hydrogen (secondary N) is 2. The zero-order valence-electron chi connectivity index (χ0n) is 15.2. The molecular formula is C21H18Cl2N4O. The quantitative estimate of drug-likeness (QED) is 0.546. The second-order valence-electron chi connectivity index (χ2n) is 6.92. The molecule has 1 heterocycles. The number of hydrogen-bond acceptors (Lipinski definition) is 5. The first-order chi connectivity index (χ1) is 13.5. The number of fused-ring (bicyclic) bond motifs is 1. The summed E-state index contributed by atoms with van der Waals surface area (Å²) < 4.78 is 0. The van der Waals surface area contributed by atoms with E-state index in [1.807, 2.05) is 24.3 Å². The number of hydrogen-bond donors (Lipinski definition) is 2. The van der Waals surface area contributed by atoms with Gasteiger partial charge in [-0.1, -0.05) is 30.1 Å². The molecule has 3 aromatic rings. The van der Waals surface area contributed by atoms with E-state index in [4.69, 9.17) is 23.2 Å². The minimum absolute atomic E-state index is 0.0586. The summed E-state index contributed by atoms with van der Waals surface area (Å²) in [5, 5.41) is 7.74. The highest BCUT2D eigenvalue weighted by Crippen LogP contribution is 2.32. The lowest BCUT2D eigenvalue weighted by molar-refractivity contribution is 0.0953. The predicted molar refractivity (Wildman–Crippen MR) is 113 cm³/mol. The van der Waals surface area contributed by atoms with Gasteiger partial charge in [-0.25, -0.2) is 4.98 Å². The molecule has 0 bridgehead atoms. The zero-order valence-corrected chi connectivity index (χ0v) is 16.7. The molecule has 0 amide bonds. The van der Waals surface area contributed by atoms with Gasteiger partial charge in [0.05, 0.1) is 11.3 Å². The smallest absolute Gasteiger partial charge is 0.229 e. The molecule has 1 aliphatic carbocycles. The fourth-order valence-corrected chi connectivity index (χ4v) is 3.50. The molecule has 142 valence electrons. The van der Waals surface area contributed by atoms with Crippen molar-refractivity contribution in [3.05, 3.63) is 69.8 Å². The van der Waals surface area contributed by atoms with E-state index in [2.05, 4.69) is 27.5 Å². The molecule has 0 spiro atoms.